The number of carbonyl (C=O) groups excluding carboxylic acids is 1. The lowest BCUT2D eigenvalue weighted by atomic mass is 10.1. The number of aryl methyl sites for hydroxylation is 1. The zero-order chi connectivity index (χ0) is 15.2. The Balaban J connectivity index is 2.36. The summed E-state index contributed by atoms with van der Waals surface area (Å²) in [6.45, 7) is 6.81. The molecule has 0 saturated heterocycles. The van der Waals surface area contributed by atoms with Gasteiger partial charge < -0.3 is 5.32 Å². The molecule has 0 aliphatic rings. The molecule has 0 radical (unpaired) electrons. The lowest BCUT2D eigenvalue weighted by molar-refractivity contribution is 0.0947. The maximum atomic E-state index is 12.2. The zero-order valence-electron chi connectivity index (χ0n) is 12.9. The Morgan fingerprint density at radius 3 is 2.52 bits per heavy atom. The Hall–Kier alpha value is -2.17. The first kappa shape index (κ1) is 15.2. The number of hydrogen-bond donors (Lipinski definition) is 1. The first-order valence-electron chi connectivity index (χ1n) is 7.47. The van der Waals surface area contributed by atoms with Crippen LogP contribution in [0.5, 0.6) is 0 Å². The summed E-state index contributed by atoms with van der Waals surface area (Å²) >= 11 is 0. The van der Waals surface area contributed by atoms with Gasteiger partial charge in [0, 0.05) is 6.54 Å². The van der Waals surface area contributed by atoms with Crippen LogP contribution in [0, 0.1) is 6.92 Å². The molecule has 5 nitrogen and oxygen atoms in total. The second kappa shape index (κ2) is 7.02. The fraction of sp³-hybridized carbons (Fsp3) is 0.438. The Labute approximate surface area is 125 Å². The van der Waals surface area contributed by atoms with Gasteiger partial charge in [-0.25, -0.2) is 4.68 Å². The Bertz CT molecular complexity index is 601. The minimum Gasteiger partial charge on any atom is -0.351 e. The van der Waals surface area contributed by atoms with Crippen LogP contribution in [0.1, 0.15) is 48.4 Å². The average Bonchev–Trinajstić information content (AvgIpc) is 2.90. The number of carbonyl (C=O) groups is 1. The summed E-state index contributed by atoms with van der Waals surface area (Å²) < 4.78 is 1.77. The molecule has 2 rings (SSSR count). The van der Waals surface area contributed by atoms with E-state index in [0.29, 0.717) is 12.2 Å². The maximum Gasteiger partial charge on any atom is 0.273 e. The molecule has 0 spiro atoms. The summed E-state index contributed by atoms with van der Waals surface area (Å²) in [7, 11) is 0. The zero-order valence-corrected chi connectivity index (χ0v) is 12.9. The fourth-order valence-corrected chi connectivity index (χ4v) is 2.15. The predicted octanol–water partition coefficient (Wildman–Crippen LogP) is 2.67. The second-order valence-electron chi connectivity index (χ2n) is 5.14. The molecule has 0 aliphatic heterocycles. The number of nitrogens with zero attached hydrogens (tertiary/aromatic N) is 3. The van der Waals surface area contributed by atoms with Crippen LogP contribution in [-0.4, -0.2) is 27.4 Å². The molecule has 0 unspecified atom stereocenters. The largest absolute Gasteiger partial charge is 0.351 e. The van der Waals surface area contributed by atoms with Crippen molar-refractivity contribution in [3.05, 3.63) is 41.2 Å². The molecule has 2 aromatic rings. The molecule has 1 aromatic carbocycles. The lowest BCUT2D eigenvalue weighted by Gasteiger charge is -2.07. The molecular weight excluding hydrogens is 264 g/mol. The van der Waals surface area contributed by atoms with Crippen molar-refractivity contribution in [1.29, 1.82) is 0 Å². The summed E-state index contributed by atoms with van der Waals surface area (Å²) in [5, 5.41) is 11.1. The number of nitrogens with one attached hydrogen (secondary N) is 1. The quantitative estimate of drug-likeness (QED) is 0.888. The van der Waals surface area contributed by atoms with Crippen LogP contribution in [-0.2, 0) is 6.42 Å². The molecule has 5 heteroatoms. The number of benzene rings is 1. The van der Waals surface area contributed by atoms with Crippen molar-refractivity contribution in [2.24, 2.45) is 0 Å². The van der Waals surface area contributed by atoms with E-state index in [2.05, 4.69) is 22.6 Å². The van der Waals surface area contributed by atoms with Gasteiger partial charge in [0.2, 0.25) is 0 Å². The van der Waals surface area contributed by atoms with Gasteiger partial charge >= 0.3 is 0 Å². The second-order valence-corrected chi connectivity index (χ2v) is 5.14. The van der Waals surface area contributed by atoms with E-state index in [1.165, 1.54) is 5.56 Å². The maximum absolute atomic E-state index is 12.2. The third-order valence-corrected chi connectivity index (χ3v) is 3.28. The smallest absolute Gasteiger partial charge is 0.273 e. The Morgan fingerprint density at radius 1 is 1.19 bits per heavy atom. The predicted molar refractivity (Wildman–Crippen MR) is 82.7 cm³/mol. The summed E-state index contributed by atoms with van der Waals surface area (Å²) in [6.07, 6.45) is 2.62. The number of rotatable bonds is 6. The van der Waals surface area contributed by atoms with E-state index in [4.69, 9.17) is 0 Å². The number of amides is 1. The molecular formula is C16H22N4O. The van der Waals surface area contributed by atoms with Crippen molar-refractivity contribution in [1.82, 2.24) is 20.3 Å². The van der Waals surface area contributed by atoms with Crippen molar-refractivity contribution in [3.8, 4) is 5.69 Å². The van der Waals surface area contributed by atoms with Crippen molar-refractivity contribution in [2.75, 3.05) is 6.54 Å². The van der Waals surface area contributed by atoms with Crippen LogP contribution in [0.2, 0.25) is 0 Å². The Morgan fingerprint density at radius 2 is 1.90 bits per heavy atom. The first-order chi connectivity index (χ1) is 10.2. The van der Waals surface area contributed by atoms with Gasteiger partial charge in [-0.1, -0.05) is 43.2 Å². The molecule has 0 aliphatic carbocycles. The van der Waals surface area contributed by atoms with Gasteiger partial charge in [-0.2, -0.15) is 0 Å². The molecule has 0 saturated carbocycles. The van der Waals surface area contributed by atoms with Crippen molar-refractivity contribution in [3.63, 3.8) is 0 Å². The lowest BCUT2D eigenvalue weighted by Crippen LogP contribution is -2.25. The standard InChI is InChI=1S/C16H22N4O/c1-4-6-14-15(16(21)17-11-5-2)18-19-20(14)13-9-7-12(3)8-10-13/h7-10H,4-6,11H2,1-3H3,(H,17,21). The van der Waals surface area contributed by atoms with Crippen LogP contribution in [0.4, 0.5) is 0 Å². The van der Waals surface area contributed by atoms with E-state index in [9.17, 15) is 4.79 Å². The highest BCUT2D eigenvalue weighted by Crippen LogP contribution is 2.15. The van der Waals surface area contributed by atoms with Crippen LogP contribution in [0.15, 0.2) is 24.3 Å². The topological polar surface area (TPSA) is 59.8 Å². The highest BCUT2D eigenvalue weighted by Gasteiger charge is 2.19. The van der Waals surface area contributed by atoms with Gasteiger partial charge in [0.25, 0.3) is 5.91 Å². The molecule has 1 heterocycles. The summed E-state index contributed by atoms with van der Waals surface area (Å²) in [6, 6.07) is 8.06. The molecule has 1 amide bonds. The molecule has 1 aromatic heterocycles. The number of hydrogen-bond acceptors (Lipinski definition) is 3. The van der Waals surface area contributed by atoms with Crippen molar-refractivity contribution < 1.29 is 4.79 Å². The summed E-state index contributed by atoms with van der Waals surface area (Å²) in [5.41, 5.74) is 3.43. The number of aromatic nitrogens is 3. The molecule has 21 heavy (non-hydrogen) atoms. The fourth-order valence-electron chi connectivity index (χ4n) is 2.15. The highest BCUT2D eigenvalue weighted by atomic mass is 16.2. The minimum absolute atomic E-state index is 0.140. The van der Waals surface area contributed by atoms with Crippen molar-refractivity contribution >= 4 is 5.91 Å². The first-order valence-corrected chi connectivity index (χ1v) is 7.47. The summed E-state index contributed by atoms with van der Waals surface area (Å²) in [4.78, 5) is 12.2. The highest BCUT2D eigenvalue weighted by molar-refractivity contribution is 5.93. The van der Waals surface area contributed by atoms with Gasteiger partial charge in [-0.3, -0.25) is 4.79 Å². The van der Waals surface area contributed by atoms with Crippen LogP contribution in [0.3, 0.4) is 0 Å². The monoisotopic (exact) mass is 286 g/mol. The van der Waals surface area contributed by atoms with E-state index in [0.717, 1.165) is 30.6 Å². The van der Waals surface area contributed by atoms with E-state index >= 15 is 0 Å². The van der Waals surface area contributed by atoms with E-state index in [-0.39, 0.29) is 5.91 Å². The van der Waals surface area contributed by atoms with Gasteiger partial charge in [-0.15, -0.1) is 5.10 Å². The molecule has 112 valence electrons. The van der Waals surface area contributed by atoms with Gasteiger partial charge in [-0.05, 0) is 31.9 Å². The van der Waals surface area contributed by atoms with E-state index < -0.39 is 0 Å². The molecule has 1 N–H and O–H groups in total. The third kappa shape index (κ3) is 3.48. The molecule has 0 atom stereocenters. The van der Waals surface area contributed by atoms with Gasteiger partial charge in [0.05, 0.1) is 11.4 Å². The Kier molecular flexibility index (Phi) is 5.09. The van der Waals surface area contributed by atoms with Crippen LogP contribution >= 0.6 is 0 Å². The minimum atomic E-state index is -0.140. The van der Waals surface area contributed by atoms with Crippen LogP contribution in [0.25, 0.3) is 5.69 Å². The van der Waals surface area contributed by atoms with Gasteiger partial charge in [0.15, 0.2) is 5.69 Å². The van der Waals surface area contributed by atoms with Gasteiger partial charge in [0.1, 0.15) is 0 Å². The average molecular weight is 286 g/mol. The normalized spacial score (nSPS) is 10.6. The van der Waals surface area contributed by atoms with Crippen LogP contribution < -0.4 is 5.32 Å². The third-order valence-electron chi connectivity index (χ3n) is 3.28. The molecule has 0 fully saturated rings. The van der Waals surface area contributed by atoms with E-state index in [1.54, 1.807) is 4.68 Å². The van der Waals surface area contributed by atoms with Crippen molar-refractivity contribution in [2.45, 2.75) is 40.0 Å². The molecule has 0 bridgehead atoms. The SMILES string of the molecule is CCCNC(=O)c1nnn(-c2ccc(C)cc2)c1CCC. The summed E-state index contributed by atoms with van der Waals surface area (Å²) in [5.74, 6) is -0.140. The van der Waals surface area contributed by atoms with E-state index in [1.807, 2.05) is 38.1 Å².